The molecule has 0 radical (unpaired) electrons. The summed E-state index contributed by atoms with van der Waals surface area (Å²) in [6, 6.07) is 19.1. The molecule has 0 atom stereocenters. The van der Waals surface area contributed by atoms with Crippen LogP contribution < -0.4 is 11.1 Å². The van der Waals surface area contributed by atoms with Crippen LogP contribution in [0, 0.1) is 12.8 Å². The minimum atomic E-state index is 0.620. The minimum absolute atomic E-state index is 0.620. The number of nitrogens with two attached hydrogens (primary N) is 1. The molecule has 4 aromatic rings. The Balaban J connectivity index is 0.00000141. The van der Waals surface area contributed by atoms with Gasteiger partial charge in [0.05, 0.1) is 11.9 Å². The van der Waals surface area contributed by atoms with Gasteiger partial charge in [0.2, 0.25) is 0 Å². The third-order valence-electron chi connectivity index (χ3n) is 5.90. The van der Waals surface area contributed by atoms with Gasteiger partial charge < -0.3 is 11.1 Å². The van der Waals surface area contributed by atoms with Crippen molar-refractivity contribution in [3.05, 3.63) is 108 Å². The summed E-state index contributed by atoms with van der Waals surface area (Å²) >= 11 is 0. The molecule has 5 nitrogen and oxygen atoms in total. The van der Waals surface area contributed by atoms with E-state index >= 15 is 0 Å². The molecule has 0 amide bonds. The molecule has 0 spiro atoms. The maximum atomic E-state index is 6.31. The summed E-state index contributed by atoms with van der Waals surface area (Å²) < 4.78 is 0. The van der Waals surface area contributed by atoms with Crippen molar-refractivity contribution < 1.29 is 0 Å². The predicted molar refractivity (Wildman–Crippen MR) is 145 cm³/mol. The highest BCUT2D eigenvalue weighted by atomic mass is 15.1. The Bertz CT molecular complexity index is 1370. The van der Waals surface area contributed by atoms with Crippen molar-refractivity contribution in [3.63, 3.8) is 0 Å². The lowest BCUT2D eigenvalue weighted by Gasteiger charge is -2.18. The van der Waals surface area contributed by atoms with Crippen molar-refractivity contribution in [2.45, 2.75) is 19.5 Å². The van der Waals surface area contributed by atoms with E-state index in [-0.39, 0.29) is 0 Å². The molecule has 0 aliphatic carbocycles. The first kappa shape index (κ1) is 23.7. The maximum Gasteiger partial charge on any atom is 0.0574 e. The summed E-state index contributed by atoms with van der Waals surface area (Å²) in [6.07, 6.45) is 16.2. The number of hydrogen-bond donors (Lipinski definition) is 2. The second-order valence-electron chi connectivity index (χ2n) is 8.74. The maximum absolute atomic E-state index is 6.31. The number of nitrogen functional groups attached to an aromatic ring is 1. The van der Waals surface area contributed by atoms with Crippen LogP contribution in [0.1, 0.15) is 16.7 Å². The summed E-state index contributed by atoms with van der Waals surface area (Å²) in [5.41, 5.74) is 16.7. The van der Waals surface area contributed by atoms with Crippen molar-refractivity contribution >= 4 is 11.4 Å². The highest BCUT2D eigenvalue weighted by Gasteiger charge is 2.10. The first-order valence-corrected chi connectivity index (χ1v) is 11.4. The predicted octanol–water partition coefficient (Wildman–Crippen LogP) is 5.76. The van der Waals surface area contributed by atoms with Crippen LogP contribution in [0.3, 0.4) is 0 Å². The van der Waals surface area contributed by atoms with Gasteiger partial charge in [-0.25, -0.2) is 0 Å². The highest BCUT2D eigenvalue weighted by Crippen LogP contribution is 2.28. The van der Waals surface area contributed by atoms with E-state index in [9.17, 15) is 0 Å². The fraction of sp³-hybridized carbons (Fsp3) is 0.133. The second kappa shape index (κ2) is 10.7. The molecule has 8 bridgehead atoms. The van der Waals surface area contributed by atoms with E-state index < -0.39 is 0 Å². The van der Waals surface area contributed by atoms with Crippen LogP contribution >= 0.6 is 0 Å². The Kier molecular flexibility index (Phi) is 7.25. The molecular formula is C30H29N5. The van der Waals surface area contributed by atoms with Gasteiger partial charge in [-0.3, -0.25) is 14.9 Å². The Morgan fingerprint density at radius 3 is 2.34 bits per heavy atom. The molecule has 0 saturated heterocycles. The molecule has 35 heavy (non-hydrogen) atoms. The zero-order valence-electron chi connectivity index (χ0n) is 19.9. The zero-order valence-corrected chi connectivity index (χ0v) is 19.9. The number of allylic oxidation sites excluding steroid dienone is 1. The van der Waals surface area contributed by atoms with Crippen LogP contribution in [0.25, 0.3) is 22.3 Å². The standard InChI is InChI=1S/C28H27N5.C2H2/c1-19-8-24-11-23(6-7-28(24)29)25-10-21(13-30-14-25)18-33(2)17-20-4-3-5-22(9-20)26-12-27(32-19)16-31-15-26;1-2/h3-7,9-16,32H,1,8,17-18,29H2,2H3;1-2H. The number of anilines is 2. The molecule has 0 saturated carbocycles. The lowest BCUT2D eigenvalue weighted by atomic mass is 9.99. The van der Waals surface area contributed by atoms with Gasteiger partial charge in [-0.15, -0.1) is 12.8 Å². The molecular weight excluding hydrogens is 430 g/mol. The minimum Gasteiger partial charge on any atom is -0.398 e. The Morgan fingerprint density at radius 2 is 1.51 bits per heavy atom. The van der Waals surface area contributed by atoms with E-state index in [2.05, 4.69) is 95.2 Å². The number of hydrogen-bond acceptors (Lipinski definition) is 5. The lowest BCUT2D eigenvalue weighted by Crippen LogP contribution is -2.17. The summed E-state index contributed by atoms with van der Waals surface area (Å²) in [5.74, 6) is 0. The molecule has 174 valence electrons. The van der Waals surface area contributed by atoms with E-state index in [1.807, 2.05) is 30.9 Å². The molecule has 2 aromatic carbocycles. The van der Waals surface area contributed by atoms with Crippen molar-refractivity contribution in [3.8, 4) is 35.1 Å². The molecule has 5 heteroatoms. The SMILES string of the molecule is C#C.C=C1Cc2cc(ccc2N)-c2cncc(c2)CN(C)Cc2cccc(c2)-c2cncc(c2)N1. The largest absolute Gasteiger partial charge is 0.398 e. The average Bonchev–Trinajstić information content (AvgIpc) is 2.86. The molecule has 5 rings (SSSR count). The number of nitrogens with zero attached hydrogens (tertiary/aromatic N) is 3. The summed E-state index contributed by atoms with van der Waals surface area (Å²) in [6.45, 7) is 5.89. The second-order valence-corrected chi connectivity index (χ2v) is 8.74. The highest BCUT2D eigenvalue weighted by molar-refractivity contribution is 5.70. The van der Waals surface area contributed by atoms with Crippen LogP contribution in [0.4, 0.5) is 11.4 Å². The van der Waals surface area contributed by atoms with Crippen LogP contribution in [0.5, 0.6) is 0 Å². The molecule has 0 unspecified atom stereocenters. The van der Waals surface area contributed by atoms with Crippen LogP contribution in [-0.2, 0) is 19.5 Å². The smallest absolute Gasteiger partial charge is 0.0574 e. The number of terminal acetylenes is 1. The molecule has 3 heterocycles. The summed E-state index contributed by atoms with van der Waals surface area (Å²) in [7, 11) is 2.14. The Morgan fingerprint density at radius 1 is 0.829 bits per heavy atom. The third-order valence-corrected chi connectivity index (χ3v) is 5.90. The van der Waals surface area contributed by atoms with Crippen molar-refractivity contribution in [1.29, 1.82) is 0 Å². The van der Waals surface area contributed by atoms with Crippen LogP contribution in [0.2, 0.25) is 0 Å². The van der Waals surface area contributed by atoms with E-state index in [1.165, 1.54) is 11.1 Å². The van der Waals surface area contributed by atoms with Crippen LogP contribution in [0.15, 0.2) is 91.7 Å². The lowest BCUT2D eigenvalue weighted by molar-refractivity contribution is 0.319. The van der Waals surface area contributed by atoms with Gasteiger partial charge in [0.15, 0.2) is 0 Å². The Labute approximate surface area is 207 Å². The molecule has 1 aliphatic rings. The van der Waals surface area contributed by atoms with E-state index in [0.717, 1.165) is 58.0 Å². The third kappa shape index (κ3) is 5.75. The number of pyridine rings is 2. The number of nitrogens with one attached hydrogen (secondary N) is 1. The molecule has 1 aliphatic heterocycles. The van der Waals surface area contributed by atoms with Crippen molar-refractivity contribution in [2.75, 3.05) is 18.1 Å². The van der Waals surface area contributed by atoms with Gasteiger partial charge in [0, 0.05) is 60.6 Å². The van der Waals surface area contributed by atoms with Crippen molar-refractivity contribution in [1.82, 2.24) is 14.9 Å². The number of fused-ring (bicyclic) bond motifs is 10. The fourth-order valence-corrected chi connectivity index (χ4v) is 4.34. The number of rotatable bonds is 0. The topological polar surface area (TPSA) is 67.1 Å². The quantitative estimate of drug-likeness (QED) is 0.259. The summed E-state index contributed by atoms with van der Waals surface area (Å²) in [5, 5.41) is 3.41. The van der Waals surface area contributed by atoms with Gasteiger partial charge in [-0.05, 0) is 65.2 Å². The normalized spacial score (nSPS) is 13.4. The molecule has 3 N–H and O–H groups in total. The van der Waals surface area contributed by atoms with Gasteiger partial charge in [0.1, 0.15) is 0 Å². The number of benzene rings is 2. The summed E-state index contributed by atoms with van der Waals surface area (Å²) in [4.78, 5) is 11.3. The average molecular weight is 460 g/mol. The van der Waals surface area contributed by atoms with Crippen molar-refractivity contribution in [2.24, 2.45) is 0 Å². The zero-order chi connectivity index (χ0) is 24.8. The van der Waals surface area contributed by atoms with Gasteiger partial charge in [0.25, 0.3) is 0 Å². The first-order valence-electron chi connectivity index (χ1n) is 11.4. The van der Waals surface area contributed by atoms with E-state index in [4.69, 9.17) is 5.73 Å². The van der Waals surface area contributed by atoms with E-state index in [1.54, 1.807) is 0 Å². The van der Waals surface area contributed by atoms with Crippen LogP contribution in [-0.4, -0.2) is 21.9 Å². The first-order chi connectivity index (χ1) is 17.0. The molecule has 0 fully saturated rings. The molecule has 2 aromatic heterocycles. The monoisotopic (exact) mass is 459 g/mol. The Hall–Kier alpha value is -4.40. The fourth-order valence-electron chi connectivity index (χ4n) is 4.34. The van der Waals surface area contributed by atoms with Gasteiger partial charge in [-0.2, -0.15) is 0 Å². The van der Waals surface area contributed by atoms with Gasteiger partial charge in [-0.1, -0.05) is 30.8 Å². The van der Waals surface area contributed by atoms with E-state index in [0.29, 0.717) is 6.42 Å². The number of aromatic nitrogens is 2. The van der Waals surface area contributed by atoms with Gasteiger partial charge >= 0.3 is 0 Å².